The number of nitrogens with one attached hydrogen (secondary N) is 1. The summed E-state index contributed by atoms with van der Waals surface area (Å²) in [5.41, 5.74) is 8.23. The van der Waals surface area contributed by atoms with E-state index in [1.54, 1.807) is 54.7 Å². The molecule has 2 aromatic heterocycles. The molecule has 2 fully saturated rings. The summed E-state index contributed by atoms with van der Waals surface area (Å²) in [5.74, 6) is -1.28. The first-order valence-electron chi connectivity index (χ1n) is 23.6. The Morgan fingerprint density at radius 3 is 2.11 bits per heavy atom. The molecule has 3 aliphatic rings. The predicted molar refractivity (Wildman–Crippen MR) is 264 cm³/mol. The highest BCUT2D eigenvalue weighted by Gasteiger charge is 2.29. The summed E-state index contributed by atoms with van der Waals surface area (Å²) in [6, 6.07) is 22.7. The monoisotopic (exact) mass is 1010 g/mol. The van der Waals surface area contributed by atoms with E-state index < -0.39 is 43.6 Å². The zero-order chi connectivity index (χ0) is 50.8. The fraction of sp³-hybridized carbons (Fsp3) is 0.333. The van der Waals surface area contributed by atoms with Gasteiger partial charge in [0.25, 0.3) is 10.0 Å². The maximum Gasteiger partial charge on any atom is 0.307 e. The fourth-order valence-corrected chi connectivity index (χ4v) is 10.7. The van der Waals surface area contributed by atoms with E-state index in [-0.39, 0.29) is 41.1 Å². The topological polar surface area (TPSA) is 205 Å². The van der Waals surface area contributed by atoms with Crippen molar-refractivity contribution >= 4 is 31.9 Å². The molecule has 0 spiro atoms. The SMILES string of the molecule is CC(C)c1cc(F)cc(-c2ccnc(OCCc3cc(C4CC4)cc(S(N)(=O)=O)c3)c2)c1CC(=O)O.CC(C)c1cc(F)cc2c1CC(=O)NS(=O)(=O)c1cc(cc(C3CC3)c1)CCOc1cc-2ccn1. The Labute approximate surface area is 413 Å². The third-order valence-electron chi connectivity index (χ3n) is 12.7. The molecule has 3 heterocycles. The van der Waals surface area contributed by atoms with E-state index in [9.17, 15) is 40.3 Å². The van der Waals surface area contributed by atoms with Gasteiger partial charge < -0.3 is 14.6 Å². The Kier molecular flexibility index (Phi) is 15.1. The molecule has 0 radical (unpaired) electrons. The van der Waals surface area contributed by atoms with Crippen LogP contribution in [0.15, 0.2) is 107 Å². The lowest BCUT2D eigenvalue weighted by molar-refractivity contribution is -0.136. The number of carbonyl (C=O) groups is 2. The molecule has 9 rings (SSSR count). The number of carboxylic acid groups (broad SMARTS) is 1. The lowest BCUT2D eigenvalue weighted by atomic mass is 9.88. The number of primary sulfonamides is 1. The van der Waals surface area contributed by atoms with Crippen LogP contribution in [0.3, 0.4) is 0 Å². The zero-order valence-electron chi connectivity index (χ0n) is 39.9. The number of carboxylic acids is 1. The Bertz CT molecular complexity index is 3250. The number of halogens is 2. The zero-order valence-corrected chi connectivity index (χ0v) is 41.5. The maximum absolute atomic E-state index is 14.6. The molecule has 1 amide bonds. The summed E-state index contributed by atoms with van der Waals surface area (Å²) in [7, 11) is -7.90. The number of sulfonamides is 2. The first-order valence-corrected chi connectivity index (χ1v) is 26.6. The highest BCUT2D eigenvalue weighted by atomic mass is 32.2. The standard InChI is InChI=1S/C27H29FN2O5S.C27H27FN2O4S/c1-16(2)23-13-21(28)14-24(25(23)15-27(31)32)19-5-7-30-26(12-19)35-8-6-17-9-20(18-3-4-18)11-22(10-17)36(29,33)34;1-16(2)23-13-21(28)14-24-19-5-7-29-27(12-19)34-8-6-17-9-20(18-3-4-18)11-22(10-17)35(32,33)30-26(31)15-25(23)24/h5,7,9-14,16,18H,3-4,6,8,15H2,1-2H3,(H,31,32)(H2,29,33,34);5,7,9-14,16,18H,3-4,6,8,15H2,1-2H3,(H,30,31). The number of aromatic nitrogens is 2. The van der Waals surface area contributed by atoms with Crippen LogP contribution in [0.5, 0.6) is 11.8 Å². The van der Waals surface area contributed by atoms with Crippen molar-refractivity contribution in [3.8, 4) is 34.0 Å². The van der Waals surface area contributed by atoms with Crippen LogP contribution in [0.4, 0.5) is 8.78 Å². The second kappa shape index (κ2) is 21.0. The van der Waals surface area contributed by atoms with Crippen LogP contribution >= 0.6 is 0 Å². The molecule has 6 aromatic rings. The minimum Gasteiger partial charge on any atom is -0.481 e. The molecule has 2 aliphatic carbocycles. The number of fused-ring (bicyclic) bond motifs is 6. The number of nitrogens with zero attached hydrogens (tertiary/aromatic N) is 2. The van der Waals surface area contributed by atoms with Crippen LogP contribution in [-0.2, 0) is 55.3 Å². The van der Waals surface area contributed by atoms with E-state index in [1.807, 2.05) is 39.8 Å². The van der Waals surface area contributed by atoms with Crippen molar-refractivity contribution in [3.63, 3.8) is 0 Å². The van der Waals surface area contributed by atoms with Crippen LogP contribution in [-0.4, -0.2) is 57.0 Å². The summed E-state index contributed by atoms with van der Waals surface area (Å²) in [4.78, 5) is 33.3. The first-order chi connectivity index (χ1) is 33.7. The number of rotatable bonds is 12. The van der Waals surface area contributed by atoms with Gasteiger partial charge in [0.1, 0.15) is 11.6 Å². The van der Waals surface area contributed by atoms with Gasteiger partial charge in [-0.1, -0.05) is 39.8 Å². The first kappa shape index (κ1) is 50.8. The van der Waals surface area contributed by atoms with Crippen molar-refractivity contribution in [3.05, 3.63) is 153 Å². The minimum atomic E-state index is -4.08. The number of hydrogen-bond donors (Lipinski definition) is 3. The average molecular weight is 1010 g/mol. The Balaban J connectivity index is 0.000000190. The van der Waals surface area contributed by atoms with E-state index in [0.717, 1.165) is 47.9 Å². The average Bonchev–Trinajstić information content (AvgIpc) is 4.24. The van der Waals surface area contributed by atoms with E-state index >= 15 is 0 Å². The molecular formula is C54H56F2N4O9S2. The van der Waals surface area contributed by atoms with Crippen molar-refractivity contribution in [1.29, 1.82) is 0 Å². The quantitative estimate of drug-likeness (QED) is 0.105. The highest BCUT2D eigenvalue weighted by molar-refractivity contribution is 7.90. The van der Waals surface area contributed by atoms with Gasteiger partial charge in [-0.15, -0.1) is 0 Å². The second-order valence-electron chi connectivity index (χ2n) is 19.0. The number of benzene rings is 4. The lowest BCUT2D eigenvalue weighted by Crippen LogP contribution is -2.32. The molecule has 0 atom stereocenters. The van der Waals surface area contributed by atoms with E-state index in [1.165, 1.54) is 30.5 Å². The molecular weight excluding hydrogens is 951 g/mol. The Hall–Kier alpha value is -6.56. The molecule has 4 aromatic carbocycles. The normalized spacial score (nSPS) is 15.6. The lowest BCUT2D eigenvalue weighted by Gasteiger charge is -2.18. The van der Waals surface area contributed by atoms with Gasteiger partial charge in [-0.05, 0) is 177 Å². The Morgan fingerprint density at radius 1 is 0.831 bits per heavy atom. The third kappa shape index (κ3) is 12.9. The molecule has 17 heteroatoms. The van der Waals surface area contributed by atoms with Crippen molar-refractivity contribution < 1.29 is 49.8 Å². The summed E-state index contributed by atoms with van der Waals surface area (Å²) < 4.78 is 93.3. The minimum absolute atomic E-state index is 0.0556. The number of aliphatic carboxylic acids is 1. The molecule has 1 aliphatic heterocycles. The molecule has 13 nitrogen and oxygen atoms in total. The van der Waals surface area contributed by atoms with Crippen molar-refractivity contribution in [1.82, 2.24) is 14.7 Å². The van der Waals surface area contributed by atoms with Crippen molar-refractivity contribution in [2.45, 2.75) is 113 Å². The number of nitrogens with two attached hydrogens (primary N) is 1. The van der Waals surface area contributed by atoms with E-state index in [4.69, 9.17) is 14.6 Å². The molecule has 372 valence electrons. The predicted octanol–water partition coefficient (Wildman–Crippen LogP) is 9.66. The van der Waals surface area contributed by atoms with Gasteiger partial charge in [-0.25, -0.2) is 45.4 Å². The van der Waals surface area contributed by atoms with E-state index in [2.05, 4.69) is 14.7 Å². The van der Waals surface area contributed by atoms with Gasteiger partial charge in [0.05, 0.1) is 35.8 Å². The van der Waals surface area contributed by atoms with Gasteiger partial charge in [0, 0.05) is 37.4 Å². The van der Waals surface area contributed by atoms with Crippen molar-refractivity contribution in [2.75, 3.05) is 13.2 Å². The van der Waals surface area contributed by atoms with Gasteiger partial charge in [0.2, 0.25) is 27.7 Å². The maximum atomic E-state index is 14.6. The van der Waals surface area contributed by atoms with Gasteiger partial charge >= 0.3 is 5.97 Å². The number of amides is 1. The number of pyridine rings is 2. The summed E-state index contributed by atoms with van der Waals surface area (Å²) >= 11 is 0. The molecule has 0 unspecified atom stereocenters. The summed E-state index contributed by atoms with van der Waals surface area (Å²) in [6.07, 6.45) is 7.70. The van der Waals surface area contributed by atoms with Crippen LogP contribution in [0.2, 0.25) is 0 Å². The smallest absolute Gasteiger partial charge is 0.307 e. The molecule has 0 saturated heterocycles. The largest absolute Gasteiger partial charge is 0.481 e. The van der Waals surface area contributed by atoms with Gasteiger partial charge in [0.15, 0.2) is 0 Å². The van der Waals surface area contributed by atoms with Crippen LogP contribution in [0.1, 0.15) is 122 Å². The molecule has 71 heavy (non-hydrogen) atoms. The molecule has 2 saturated carbocycles. The third-order valence-corrected chi connectivity index (χ3v) is 15.0. The van der Waals surface area contributed by atoms with Gasteiger partial charge in [-0.2, -0.15) is 0 Å². The van der Waals surface area contributed by atoms with E-state index in [0.29, 0.717) is 87.6 Å². The van der Waals surface area contributed by atoms with Crippen LogP contribution < -0.4 is 19.3 Å². The number of carbonyl (C=O) groups excluding carboxylic acids is 1. The summed E-state index contributed by atoms with van der Waals surface area (Å²) in [6.45, 7) is 8.13. The van der Waals surface area contributed by atoms with Gasteiger partial charge in [-0.3, -0.25) is 9.59 Å². The summed E-state index contributed by atoms with van der Waals surface area (Å²) in [5, 5.41) is 14.8. The Morgan fingerprint density at radius 2 is 1.46 bits per heavy atom. The molecule has 4 bridgehead atoms. The van der Waals surface area contributed by atoms with Crippen molar-refractivity contribution in [2.24, 2.45) is 5.14 Å². The fourth-order valence-electron chi connectivity index (χ4n) is 8.96. The highest BCUT2D eigenvalue weighted by Crippen LogP contribution is 2.42. The number of ether oxygens (including phenoxy) is 2. The van der Waals surface area contributed by atoms with Crippen LogP contribution in [0.25, 0.3) is 22.3 Å². The number of hydrogen-bond acceptors (Lipinski definition) is 10. The second-order valence-corrected chi connectivity index (χ2v) is 22.2. The van der Waals surface area contributed by atoms with Crippen LogP contribution in [0, 0.1) is 11.6 Å². The molecule has 4 N–H and O–H groups in total.